The number of aryl methyl sites for hydroxylation is 1. The smallest absolute Gasteiger partial charge is 0.329 e. The molecular weight excluding hydrogens is 222 g/mol. The second-order valence-electron chi connectivity index (χ2n) is 3.52. The van der Waals surface area contributed by atoms with E-state index < -0.39 is 5.97 Å². The van der Waals surface area contributed by atoms with Crippen molar-refractivity contribution in [2.45, 2.75) is 20.1 Å². The van der Waals surface area contributed by atoms with Crippen molar-refractivity contribution in [2.24, 2.45) is 0 Å². The van der Waals surface area contributed by atoms with Crippen molar-refractivity contribution in [3.63, 3.8) is 0 Å². The zero-order chi connectivity index (χ0) is 12.3. The van der Waals surface area contributed by atoms with Crippen LogP contribution in [0.3, 0.4) is 0 Å². The highest BCUT2D eigenvalue weighted by Crippen LogP contribution is 2.15. The summed E-state index contributed by atoms with van der Waals surface area (Å²) in [4.78, 5) is 18.7. The maximum atomic E-state index is 10.4. The summed E-state index contributed by atoms with van der Waals surface area (Å²) in [6, 6.07) is 1.88. The van der Waals surface area contributed by atoms with Crippen LogP contribution in [0.1, 0.15) is 12.7 Å². The highest BCUT2D eigenvalue weighted by atomic mass is 16.5. The summed E-state index contributed by atoms with van der Waals surface area (Å²) in [5.74, 6) is -0.262. The Morgan fingerprint density at radius 1 is 1.59 bits per heavy atom. The van der Waals surface area contributed by atoms with Crippen molar-refractivity contribution >= 4 is 17.0 Å². The van der Waals surface area contributed by atoms with E-state index in [0.717, 1.165) is 23.4 Å². The lowest BCUT2D eigenvalue weighted by atomic mass is 10.4. The summed E-state index contributed by atoms with van der Waals surface area (Å²) in [6.07, 6.45) is 3.39. The normalized spacial score (nSPS) is 10.9. The fourth-order valence-electron chi connectivity index (χ4n) is 1.72. The van der Waals surface area contributed by atoms with Gasteiger partial charge in [0.2, 0.25) is 0 Å². The third kappa shape index (κ3) is 2.42. The van der Waals surface area contributed by atoms with Gasteiger partial charge in [0, 0.05) is 12.7 Å². The molecule has 2 rings (SSSR count). The molecule has 6 nitrogen and oxygen atoms in total. The molecule has 0 saturated heterocycles. The first-order valence-corrected chi connectivity index (χ1v) is 5.31. The largest absolute Gasteiger partial charge is 0.480 e. The third-order valence-electron chi connectivity index (χ3n) is 2.40. The number of nitrogens with zero attached hydrogens (tertiary/aromatic N) is 3. The van der Waals surface area contributed by atoms with Crippen molar-refractivity contribution in [1.29, 1.82) is 0 Å². The number of imidazole rings is 1. The Bertz CT molecular complexity index is 536. The van der Waals surface area contributed by atoms with Gasteiger partial charge in [-0.15, -0.1) is 0 Å². The van der Waals surface area contributed by atoms with Gasteiger partial charge in [-0.2, -0.15) is 0 Å². The van der Waals surface area contributed by atoms with Crippen LogP contribution in [0.2, 0.25) is 0 Å². The number of carboxylic acids is 1. The first-order chi connectivity index (χ1) is 8.22. The van der Waals surface area contributed by atoms with Gasteiger partial charge in [-0.05, 0) is 13.0 Å². The molecule has 0 saturated carbocycles. The molecule has 6 heteroatoms. The van der Waals surface area contributed by atoms with Crippen molar-refractivity contribution in [2.75, 3.05) is 6.61 Å². The average Bonchev–Trinajstić information content (AvgIpc) is 2.66. The van der Waals surface area contributed by atoms with Gasteiger partial charge >= 0.3 is 5.97 Å². The number of carboxylic acid groups (broad SMARTS) is 1. The fraction of sp³-hybridized carbons (Fsp3) is 0.364. The van der Waals surface area contributed by atoms with E-state index in [1.165, 1.54) is 0 Å². The van der Waals surface area contributed by atoms with E-state index in [1.54, 1.807) is 12.4 Å². The maximum absolute atomic E-state index is 10.4. The van der Waals surface area contributed by atoms with Crippen LogP contribution < -0.4 is 0 Å². The van der Waals surface area contributed by atoms with Crippen molar-refractivity contribution in [3.8, 4) is 0 Å². The average molecular weight is 235 g/mol. The van der Waals surface area contributed by atoms with Crippen LogP contribution in [0.15, 0.2) is 18.5 Å². The minimum absolute atomic E-state index is 0.189. The first kappa shape index (κ1) is 11.5. The molecule has 1 N–H and O–H groups in total. The number of hydrogen-bond acceptors (Lipinski definition) is 4. The van der Waals surface area contributed by atoms with Crippen molar-refractivity contribution in [3.05, 3.63) is 24.3 Å². The van der Waals surface area contributed by atoms with Gasteiger partial charge in [-0.3, -0.25) is 4.98 Å². The number of rotatable bonds is 5. The van der Waals surface area contributed by atoms with Crippen LogP contribution in [-0.2, 0) is 22.7 Å². The monoisotopic (exact) mass is 235 g/mol. The lowest BCUT2D eigenvalue weighted by Gasteiger charge is -2.05. The molecule has 90 valence electrons. The Labute approximate surface area is 97.9 Å². The van der Waals surface area contributed by atoms with Crippen LogP contribution >= 0.6 is 0 Å². The summed E-state index contributed by atoms with van der Waals surface area (Å²) in [7, 11) is 0. The summed E-state index contributed by atoms with van der Waals surface area (Å²) >= 11 is 0. The third-order valence-corrected chi connectivity index (χ3v) is 2.40. The van der Waals surface area contributed by atoms with Gasteiger partial charge in [0.25, 0.3) is 0 Å². The van der Waals surface area contributed by atoms with Gasteiger partial charge in [0.1, 0.15) is 24.6 Å². The molecule has 2 aromatic heterocycles. The molecule has 0 aliphatic rings. The van der Waals surface area contributed by atoms with E-state index in [4.69, 9.17) is 9.84 Å². The number of pyridine rings is 1. The molecule has 17 heavy (non-hydrogen) atoms. The van der Waals surface area contributed by atoms with Crippen molar-refractivity contribution in [1.82, 2.24) is 14.5 Å². The minimum Gasteiger partial charge on any atom is -0.480 e. The quantitative estimate of drug-likeness (QED) is 0.838. The summed E-state index contributed by atoms with van der Waals surface area (Å²) in [5.41, 5.74) is 1.78. The van der Waals surface area contributed by atoms with E-state index in [-0.39, 0.29) is 13.2 Å². The van der Waals surface area contributed by atoms with E-state index in [0.29, 0.717) is 0 Å². The molecule has 0 amide bonds. The van der Waals surface area contributed by atoms with E-state index in [1.807, 2.05) is 17.6 Å². The molecule has 0 aliphatic carbocycles. The Hall–Kier alpha value is -1.95. The van der Waals surface area contributed by atoms with E-state index in [2.05, 4.69) is 9.97 Å². The van der Waals surface area contributed by atoms with Gasteiger partial charge in [-0.1, -0.05) is 0 Å². The zero-order valence-corrected chi connectivity index (χ0v) is 9.46. The van der Waals surface area contributed by atoms with Crippen LogP contribution in [0.25, 0.3) is 11.0 Å². The van der Waals surface area contributed by atoms with Crippen LogP contribution in [0, 0.1) is 0 Å². The van der Waals surface area contributed by atoms with Gasteiger partial charge < -0.3 is 14.4 Å². The number of carbonyl (C=O) groups is 1. The van der Waals surface area contributed by atoms with Crippen molar-refractivity contribution < 1.29 is 14.6 Å². The molecule has 0 radical (unpaired) electrons. The number of aromatic nitrogens is 3. The van der Waals surface area contributed by atoms with Crippen LogP contribution in [0.4, 0.5) is 0 Å². The molecule has 0 fully saturated rings. The SMILES string of the molecule is CCn1c(COCC(=O)O)nc2cnccc21. The number of fused-ring (bicyclic) bond motifs is 1. The van der Waals surface area contributed by atoms with Gasteiger partial charge in [0.15, 0.2) is 0 Å². The predicted molar refractivity (Wildman–Crippen MR) is 60.5 cm³/mol. The van der Waals surface area contributed by atoms with E-state index >= 15 is 0 Å². The molecule has 0 aliphatic heterocycles. The van der Waals surface area contributed by atoms with Crippen LogP contribution in [-0.4, -0.2) is 32.2 Å². The number of hydrogen-bond donors (Lipinski definition) is 1. The number of ether oxygens (including phenoxy) is 1. The zero-order valence-electron chi connectivity index (χ0n) is 9.46. The van der Waals surface area contributed by atoms with E-state index in [9.17, 15) is 4.79 Å². The van der Waals surface area contributed by atoms with Gasteiger partial charge in [-0.25, -0.2) is 9.78 Å². The number of aliphatic carboxylic acids is 1. The lowest BCUT2D eigenvalue weighted by Crippen LogP contribution is -2.10. The summed E-state index contributed by atoms with van der Waals surface area (Å²) < 4.78 is 7.03. The molecule has 0 atom stereocenters. The summed E-state index contributed by atoms with van der Waals surface area (Å²) in [6.45, 7) is 2.63. The second-order valence-corrected chi connectivity index (χ2v) is 3.52. The lowest BCUT2D eigenvalue weighted by molar-refractivity contribution is -0.142. The molecule has 0 spiro atoms. The highest BCUT2D eigenvalue weighted by molar-refractivity contribution is 5.74. The predicted octanol–water partition coefficient (Wildman–Crippen LogP) is 1.05. The molecule has 0 unspecified atom stereocenters. The Morgan fingerprint density at radius 3 is 3.12 bits per heavy atom. The molecule has 0 bridgehead atoms. The van der Waals surface area contributed by atoms with Gasteiger partial charge in [0.05, 0.1) is 11.7 Å². The fourth-order valence-corrected chi connectivity index (χ4v) is 1.72. The molecule has 0 aromatic carbocycles. The molecule has 2 aromatic rings. The topological polar surface area (TPSA) is 77.2 Å². The first-order valence-electron chi connectivity index (χ1n) is 5.31. The highest BCUT2D eigenvalue weighted by Gasteiger charge is 2.09. The standard InChI is InChI=1S/C11H13N3O3/c1-2-14-9-3-4-12-5-8(9)13-10(14)6-17-7-11(15)16/h3-5H,2,6-7H2,1H3,(H,15,16). The summed E-state index contributed by atoms with van der Waals surface area (Å²) in [5, 5.41) is 8.50. The van der Waals surface area contributed by atoms with Crippen LogP contribution in [0.5, 0.6) is 0 Å². The Morgan fingerprint density at radius 2 is 2.41 bits per heavy atom. The minimum atomic E-state index is -0.981. The molecular formula is C11H13N3O3. The molecule has 2 heterocycles. The maximum Gasteiger partial charge on any atom is 0.329 e. The Kier molecular flexibility index (Phi) is 3.34. The Balaban J connectivity index is 2.24. The second kappa shape index (κ2) is 4.92.